The molecule has 1 fully saturated rings. The Morgan fingerprint density at radius 2 is 2.15 bits per heavy atom. The molecule has 1 amide bonds. The molecule has 0 bridgehead atoms. The molecule has 1 saturated carbocycles. The zero-order valence-corrected chi connectivity index (χ0v) is 11.9. The number of carbonyl (C=O) groups excluding carboxylic acids is 1. The predicted octanol–water partition coefficient (Wildman–Crippen LogP) is 1.33. The van der Waals surface area contributed by atoms with E-state index in [0.717, 1.165) is 29.8 Å². The van der Waals surface area contributed by atoms with Crippen LogP contribution in [-0.4, -0.2) is 33.2 Å². The van der Waals surface area contributed by atoms with Crippen molar-refractivity contribution in [2.45, 2.75) is 52.0 Å². The number of nitrogens with zero attached hydrogens (tertiary/aromatic N) is 1. The van der Waals surface area contributed by atoms with Gasteiger partial charge in [-0.1, -0.05) is 6.42 Å². The molecule has 3 N–H and O–H groups in total. The van der Waals surface area contributed by atoms with Crippen molar-refractivity contribution in [2.24, 2.45) is 5.92 Å². The predicted molar refractivity (Wildman–Crippen MR) is 73.3 cm³/mol. The van der Waals surface area contributed by atoms with Crippen molar-refractivity contribution >= 4 is 11.9 Å². The average Bonchev–Trinajstić information content (AvgIpc) is 2.71. The largest absolute Gasteiger partial charge is 0.481 e. The molecule has 0 aromatic carbocycles. The maximum atomic E-state index is 12.1. The van der Waals surface area contributed by atoms with Crippen molar-refractivity contribution in [1.82, 2.24) is 15.5 Å². The molecule has 20 heavy (non-hydrogen) atoms. The summed E-state index contributed by atoms with van der Waals surface area (Å²) in [6.45, 7) is 3.76. The Morgan fingerprint density at radius 1 is 1.40 bits per heavy atom. The maximum Gasteiger partial charge on any atom is 0.306 e. The highest BCUT2D eigenvalue weighted by Crippen LogP contribution is 2.24. The topological polar surface area (TPSA) is 95.1 Å². The van der Waals surface area contributed by atoms with Crippen LogP contribution in [0.4, 0.5) is 0 Å². The molecule has 2 unspecified atom stereocenters. The second-order valence-electron chi connectivity index (χ2n) is 5.56. The molecule has 1 aromatic heterocycles. The zero-order valence-electron chi connectivity index (χ0n) is 11.9. The lowest BCUT2D eigenvalue weighted by Crippen LogP contribution is -2.40. The number of nitrogens with one attached hydrogen (secondary N) is 2. The second-order valence-corrected chi connectivity index (χ2v) is 5.56. The first kappa shape index (κ1) is 14.6. The molecule has 6 heteroatoms. The van der Waals surface area contributed by atoms with Gasteiger partial charge in [0.25, 0.3) is 0 Å². The fraction of sp³-hybridized carbons (Fsp3) is 0.643. The average molecular weight is 279 g/mol. The lowest BCUT2D eigenvalue weighted by atomic mass is 9.85. The number of aromatic nitrogens is 2. The second kappa shape index (κ2) is 6.07. The number of rotatable bonds is 4. The molecule has 1 aliphatic rings. The summed E-state index contributed by atoms with van der Waals surface area (Å²) in [5.74, 6) is -1.15. The molecule has 110 valence electrons. The fourth-order valence-electron chi connectivity index (χ4n) is 2.82. The van der Waals surface area contributed by atoms with E-state index in [2.05, 4.69) is 15.5 Å². The Labute approximate surface area is 118 Å². The van der Waals surface area contributed by atoms with Gasteiger partial charge in [0, 0.05) is 17.3 Å². The fourth-order valence-corrected chi connectivity index (χ4v) is 2.82. The third-order valence-electron chi connectivity index (χ3n) is 4.01. The van der Waals surface area contributed by atoms with E-state index in [-0.39, 0.29) is 17.9 Å². The van der Waals surface area contributed by atoms with Gasteiger partial charge in [0.2, 0.25) is 5.91 Å². The number of aromatic amines is 1. The van der Waals surface area contributed by atoms with E-state index in [1.54, 1.807) is 0 Å². The number of aliphatic carboxylic acids is 1. The van der Waals surface area contributed by atoms with E-state index in [9.17, 15) is 9.59 Å². The molecule has 2 rings (SSSR count). The van der Waals surface area contributed by atoms with Crippen LogP contribution in [0.25, 0.3) is 0 Å². The summed E-state index contributed by atoms with van der Waals surface area (Å²) in [5, 5.41) is 18.9. The van der Waals surface area contributed by atoms with E-state index in [4.69, 9.17) is 5.11 Å². The van der Waals surface area contributed by atoms with Crippen molar-refractivity contribution in [1.29, 1.82) is 0 Å². The molecule has 0 spiro atoms. The third kappa shape index (κ3) is 3.37. The maximum absolute atomic E-state index is 12.1. The van der Waals surface area contributed by atoms with Gasteiger partial charge in [0.15, 0.2) is 0 Å². The standard InChI is InChI=1S/C14H21N3O3/c1-8-12(9(2)17-16-8)7-13(18)15-11-5-3-4-10(6-11)14(19)20/h10-11H,3-7H2,1-2H3,(H,15,18)(H,16,17)(H,19,20). The normalized spacial score (nSPS) is 22.5. The molecule has 0 radical (unpaired) electrons. The van der Waals surface area contributed by atoms with Crippen LogP contribution in [-0.2, 0) is 16.0 Å². The smallest absolute Gasteiger partial charge is 0.306 e. The van der Waals surface area contributed by atoms with Crippen LogP contribution in [0.3, 0.4) is 0 Å². The van der Waals surface area contributed by atoms with Crippen LogP contribution in [0, 0.1) is 19.8 Å². The minimum absolute atomic E-state index is 0.0233. The minimum atomic E-state index is -0.759. The first-order chi connectivity index (χ1) is 9.47. The van der Waals surface area contributed by atoms with Crippen LogP contribution in [0.2, 0.25) is 0 Å². The van der Waals surface area contributed by atoms with Crippen molar-refractivity contribution in [3.8, 4) is 0 Å². The van der Waals surface area contributed by atoms with Gasteiger partial charge >= 0.3 is 5.97 Å². The number of carboxylic acid groups (broad SMARTS) is 1. The molecule has 0 aliphatic heterocycles. The number of hydrogen-bond donors (Lipinski definition) is 3. The van der Waals surface area contributed by atoms with Crippen LogP contribution in [0.1, 0.15) is 42.6 Å². The summed E-state index contributed by atoms with van der Waals surface area (Å²) in [4.78, 5) is 23.1. The molecule has 2 atom stereocenters. The summed E-state index contributed by atoms with van der Waals surface area (Å²) in [5.41, 5.74) is 2.67. The van der Waals surface area contributed by atoms with Crippen molar-refractivity contribution in [3.63, 3.8) is 0 Å². The van der Waals surface area contributed by atoms with Crippen molar-refractivity contribution in [3.05, 3.63) is 17.0 Å². The Morgan fingerprint density at radius 3 is 2.75 bits per heavy atom. The van der Waals surface area contributed by atoms with E-state index >= 15 is 0 Å². The van der Waals surface area contributed by atoms with Gasteiger partial charge in [-0.15, -0.1) is 0 Å². The first-order valence-electron chi connectivity index (χ1n) is 7.00. The number of H-pyrrole nitrogens is 1. The molecule has 1 aromatic rings. The zero-order chi connectivity index (χ0) is 14.7. The Hall–Kier alpha value is -1.85. The summed E-state index contributed by atoms with van der Waals surface area (Å²) >= 11 is 0. The highest BCUT2D eigenvalue weighted by molar-refractivity contribution is 5.79. The van der Waals surface area contributed by atoms with Crippen molar-refractivity contribution < 1.29 is 14.7 Å². The van der Waals surface area contributed by atoms with E-state index in [1.807, 2.05) is 13.8 Å². The van der Waals surface area contributed by atoms with Gasteiger partial charge < -0.3 is 10.4 Å². The number of hydrogen-bond acceptors (Lipinski definition) is 3. The summed E-state index contributed by atoms with van der Waals surface area (Å²) < 4.78 is 0. The molecule has 1 heterocycles. The van der Waals surface area contributed by atoms with Gasteiger partial charge in [0.1, 0.15) is 0 Å². The van der Waals surface area contributed by atoms with E-state index in [1.165, 1.54) is 0 Å². The lowest BCUT2D eigenvalue weighted by Gasteiger charge is -2.27. The van der Waals surface area contributed by atoms with Gasteiger partial charge in [-0.2, -0.15) is 5.10 Å². The van der Waals surface area contributed by atoms with Crippen molar-refractivity contribution in [2.75, 3.05) is 0 Å². The summed E-state index contributed by atoms with van der Waals surface area (Å²) in [6.07, 6.45) is 3.25. The molecule has 0 saturated heterocycles. The number of amides is 1. The lowest BCUT2D eigenvalue weighted by molar-refractivity contribution is -0.143. The number of aryl methyl sites for hydroxylation is 2. The van der Waals surface area contributed by atoms with Crippen LogP contribution >= 0.6 is 0 Å². The van der Waals surface area contributed by atoms with Crippen LogP contribution in [0.15, 0.2) is 0 Å². The molecular formula is C14H21N3O3. The Kier molecular flexibility index (Phi) is 4.42. The SMILES string of the molecule is Cc1n[nH]c(C)c1CC(=O)NC1CCCC(C(=O)O)C1. The van der Waals surface area contributed by atoms with E-state index < -0.39 is 5.97 Å². The van der Waals surface area contributed by atoms with Gasteiger partial charge in [-0.3, -0.25) is 14.7 Å². The first-order valence-corrected chi connectivity index (χ1v) is 7.00. The molecule has 1 aliphatic carbocycles. The molecule has 6 nitrogen and oxygen atoms in total. The third-order valence-corrected chi connectivity index (χ3v) is 4.01. The minimum Gasteiger partial charge on any atom is -0.481 e. The number of carboxylic acids is 1. The van der Waals surface area contributed by atoms with Gasteiger partial charge in [-0.05, 0) is 33.1 Å². The highest BCUT2D eigenvalue weighted by Gasteiger charge is 2.27. The molecular weight excluding hydrogens is 258 g/mol. The van der Waals surface area contributed by atoms with Gasteiger partial charge in [0.05, 0.1) is 18.0 Å². The quantitative estimate of drug-likeness (QED) is 0.774. The van der Waals surface area contributed by atoms with Crippen LogP contribution in [0.5, 0.6) is 0 Å². The Balaban J connectivity index is 1.90. The van der Waals surface area contributed by atoms with Crippen LogP contribution < -0.4 is 5.32 Å². The summed E-state index contributed by atoms with van der Waals surface area (Å²) in [6, 6.07) is -0.0233. The highest BCUT2D eigenvalue weighted by atomic mass is 16.4. The Bertz CT molecular complexity index is 490. The monoisotopic (exact) mass is 279 g/mol. The van der Waals surface area contributed by atoms with Gasteiger partial charge in [-0.25, -0.2) is 0 Å². The van der Waals surface area contributed by atoms with E-state index in [0.29, 0.717) is 19.3 Å². The summed E-state index contributed by atoms with van der Waals surface area (Å²) in [7, 11) is 0. The number of carbonyl (C=O) groups is 2.